The molecule has 0 saturated heterocycles. The molecule has 0 atom stereocenters. The van der Waals surface area contributed by atoms with E-state index in [-0.39, 0.29) is 0 Å². The SMILES string of the molecule is CC(C)CCOc1ccc(CNc2nccs2)cc1. The molecule has 19 heavy (non-hydrogen) atoms. The fourth-order valence-corrected chi connectivity index (χ4v) is 2.13. The van der Waals surface area contributed by atoms with Crippen LogP contribution in [0.2, 0.25) is 0 Å². The second-order valence-electron chi connectivity index (χ2n) is 4.87. The number of hydrogen-bond donors (Lipinski definition) is 1. The number of aromatic nitrogens is 1. The highest BCUT2D eigenvalue weighted by atomic mass is 32.1. The average molecular weight is 276 g/mol. The second kappa shape index (κ2) is 7.14. The van der Waals surface area contributed by atoms with E-state index in [2.05, 4.69) is 36.3 Å². The number of nitrogens with zero attached hydrogens (tertiary/aromatic N) is 1. The van der Waals surface area contributed by atoms with Crippen molar-refractivity contribution in [1.29, 1.82) is 0 Å². The molecule has 0 aliphatic heterocycles. The van der Waals surface area contributed by atoms with Crippen LogP contribution in [0, 0.1) is 5.92 Å². The van der Waals surface area contributed by atoms with Crippen LogP contribution in [0.3, 0.4) is 0 Å². The largest absolute Gasteiger partial charge is 0.494 e. The lowest BCUT2D eigenvalue weighted by molar-refractivity contribution is 0.289. The molecule has 0 aliphatic carbocycles. The second-order valence-corrected chi connectivity index (χ2v) is 5.76. The number of hydrogen-bond acceptors (Lipinski definition) is 4. The van der Waals surface area contributed by atoms with Crippen molar-refractivity contribution < 1.29 is 4.74 Å². The maximum Gasteiger partial charge on any atom is 0.182 e. The predicted octanol–water partition coefficient (Wildman–Crippen LogP) is 4.18. The van der Waals surface area contributed by atoms with Gasteiger partial charge >= 0.3 is 0 Å². The quantitative estimate of drug-likeness (QED) is 0.823. The number of rotatable bonds is 7. The van der Waals surface area contributed by atoms with Crippen LogP contribution >= 0.6 is 11.3 Å². The zero-order chi connectivity index (χ0) is 13.5. The van der Waals surface area contributed by atoms with E-state index in [1.54, 1.807) is 17.5 Å². The van der Waals surface area contributed by atoms with Gasteiger partial charge in [-0.2, -0.15) is 0 Å². The summed E-state index contributed by atoms with van der Waals surface area (Å²) in [5.41, 5.74) is 1.23. The van der Waals surface area contributed by atoms with Gasteiger partial charge in [-0.25, -0.2) is 4.98 Å². The lowest BCUT2D eigenvalue weighted by Crippen LogP contribution is -2.02. The average Bonchev–Trinajstić information content (AvgIpc) is 2.90. The van der Waals surface area contributed by atoms with Crippen molar-refractivity contribution in [3.63, 3.8) is 0 Å². The summed E-state index contributed by atoms with van der Waals surface area (Å²) in [6, 6.07) is 8.23. The van der Waals surface area contributed by atoms with Crippen LogP contribution < -0.4 is 10.1 Å². The minimum atomic E-state index is 0.682. The van der Waals surface area contributed by atoms with Gasteiger partial charge in [-0.05, 0) is 30.0 Å². The van der Waals surface area contributed by atoms with Crippen molar-refractivity contribution in [3.8, 4) is 5.75 Å². The Bertz CT molecular complexity index is 465. The highest BCUT2D eigenvalue weighted by Gasteiger charge is 1.99. The summed E-state index contributed by atoms with van der Waals surface area (Å²) in [5.74, 6) is 1.63. The third kappa shape index (κ3) is 4.91. The van der Waals surface area contributed by atoms with Gasteiger partial charge in [-0.3, -0.25) is 0 Å². The van der Waals surface area contributed by atoms with E-state index in [0.717, 1.165) is 30.5 Å². The molecule has 2 aromatic rings. The molecule has 0 unspecified atom stereocenters. The minimum Gasteiger partial charge on any atom is -0.494 e. The summed E-state index contributed by atoms with van der Waals surface area (Å²) in [5, 5.41) is 6.21. The molecule has 0 fully saturated rings. The lowest BCUT2D eigenvalue weighted by Gasteiger charge is -2.09. The first kappa shape index (κ1) is 13.9. The highest BCUT2D eigenvalue weighted by Crippen LogP contribution is 2.16. The van der Waals surface area contributed by atoms with Crippen LogP contribution in [0.15, 0.2) is 35.8 Å². The standard InChI is InChI=1S/C15H20N2OS/c1-12(2)7-9-18-14-5-3-13(4-6-14)11-17-15-16-8-10-19-15/h3-6,8,10,12H,7,9,11H2,1-2H3,(H,16,17). The Labute approximate surface area is 118 Å². The Kier molecular flexibility index (Phi) is 5.21. The Morgan fingerprint density at radius 1 is 1.26 bits per heavy atom. The van der Waals surface area contributed by atoms with Crippen molar-refractivity contribution >= 4 is 16.5 Å². The molecule has 3 nitrogen and oxygen atoms in total. The molecule has 0 radical (unpaired) electrons. The van der Waals surface area contributed by atoms with Gasteiger partial charge in [0.1, 0.15) is 5.75 Å². The molecule has 0 bridgehead atoms. The summed E-state index contributed by atoms with van der Waals surface area (Å²) < 4.78 is 5.69. The highest BCUT2D eigenvalue weighted by molar-refractivity contribution is 7.13. The van der Waals surface area contributed by atoms with Gasteiger partial charge in [0.15, 0.2) is 5.13 Å². The maximum atomic E-state index is 5.69. The van der Waals surface area contributed by atoms with Crippen molar-refractivity contribution in [2.45, 2.75) is 26.8 Å². The van der Waals surface area contributed by atoms with E-state index in [1.807, 2.05) is 17.5 Å². The Balaban J connectivity index is 1.77. The zero-order valence-electron chi connectivity index (χ0n) is 11.4. The van der Waals surface area contributed by atoms with E-state index in [1.165, 1.54) is 5.56 Å². The molecule has 0 amide bonds. The lowest BCUT2D eigenvalue weighted by atomic mass is 10.1. The molecule has 0 spiro atoms. The van der Waals surface area contributed by atoms with Crippen LogP contribution in [0.4, 0.5) is 5.13 Å². The Hall–Kier alpha value is -1.55. The molecule has 4 heteroatoms. The third-order valence-corrected chi connectivity index (χ3v) is 3.49. The van der Waals surface area contributed by atoms with E-state index in [4.69, 9.17) is 4.74 Å². The van der Waals surface area contributed by atoms with Crippen molar-refractivity contribution in [1.82, 2.24) is 4.98 Å². The normalized spacial score (nSPS) is 10.7. The van der Waals surface area contributed by atoms with Crippen LogP contribution in [-0.4, -0.2) is 11.6 Å². The summed E-state index contributed by atoms with van der Waals surface area (Å²) in [4.78, 5) is 4.19. The van der Waals surface area contributed by atoms with Crippen LogP contribution in [0.5, 0.6) is 5.75 Å². The third-order valence-electron chi connectivity index (χ3n) is 2.76. The fraction of sp³-hybridized carbons (Fsp3) is 0.400. The van der Waals surface area contributed by atoms with Gasteiger partial charge in [-0.15, -0.1) is 11.3 Å². The summed E-state index contributed by atoms with van der Waals surface area (Å²) in [7, 11) is 0. The van der Waals surface area contributed by atoms with Gasteiger partial charge < -0.3 is 10.1 Å². The van der Waals surface area contributed by atoms with Gasteiger partial charge in [0, 0.05) is 18.1 Å². The summed E-state index contributed by atoms with van der Waals surface area (Å²) in [6.45, 7) is 5.99. The first-order chi connectivity index (χ1) is 9.24. The van der Waals surface area contributed by atoms with E-state index >= 15 is 0 Å². The molecule has 0 aliphatic rings. The van der Waals surface area contributed by atoms with Gasteiger partial charge in [-0.1, -0.05) is 26.0 Å². The first-order valence-electron chi connectivity index (χ1n) is 6.59. The van der Waals surface area contributed by atoms with E-state index in [9.17, 15) is 0 Å². The zero-order valence-corrected chi connectivity index (χ0v) is 12.2. The molecule has 1 aromatic carbocycles. The summed E-state index contributed by atoms with van der Waals surface area (Å²) in [6.07, 6.45) is 2.89. The predicted molar refractivity (Wildman–Crippen MR) is 80.8 cm³/mol. The van der Waals surface area contributed by atoms with E-state index in [0.29, 0.717) is 5.92 Å². The minimum absolute atomic E-state index is 0.682. The molecule has 1 heterocycles. The first-order valence-corrected chi connectivity index (χ1v) is 7.47. The van der Waals surface area contributed by atoms with Gasteiger partial charge in [0.2, 0.25) is 0 Å². The number of benzene rings is 1. The smallest absolute Gasteiger partial charge is 0.182 e. The Morgan fingerprint density at radius 2 is 2.05 bits per heavy atom. The van der Waals surface area contributed by atoms with E-state index < -0.39 is 0 Å². The molecular formula is C15H20N2OS. The van der Waals surface area contributed by atoms with Crippen molar-refractivity contribution in [2.75, 3.05) is 11.9 Å². The number of nitrogens with one attached hydrogen (secondary N) is 1. The number of anilines is 1. The van der Waals surface area contributed by atoms with Gasteiger partial charge in [0.25, 0.3) is 0 Å². The Morgan fingerprint density at radius 3 is 2.68 bits per heavy atom. The molecule has 1 aromatic heterocycles. The molecule has 2 rings (SSSR count). The molecule has 0 saturated carbocycles. The molecule has 102 valence electrons. The van der Waals surface area contributed by atoms with Gasteiger partial charge in [0.05, 0.1) is 6.61 Å². The topological polar surface area (TPSA) is 34.1 Å². The van der Waals surface area contributed by atoms with Crippen molar-refractivity contribution in [3.05, 3.63) is 41.4 Å². The molecule has 1 N–H and O–H groups in total. The maximum absolute atomic E-state index is 5.69. The van der Waals surface area contributed by atoms with Crippen LogP contribution in [0.25, 0.3) is 0 Å². The number of ether oxygens (including phenoxy) is 1. The van der Waals surface area contributed by atoms with Crippen LogP contribution in [0.1, 0.15) is 25.8 Å². The molecular weight excluding hydrogens is 256 g/mol. The van der Waals surface area contributed by atoms with Crippen molar-refractivity contribution in [2.24, 2.45) is 5.92 Å². The number of thiazole rings is 1. The summed E-state index contributed by atoms with van der Waals surface area (Å²) >= 11 is 1.61. The fourth-order valence-electron chi connectivity index (χ4n) is 1.60. The van der Waals surface area contributed by atoms with Crippen LogP contribution in [-0.2, 0) is 6.54 Å². The monoisotopic (exact) mass is 276 g/mol.